The Balaban J connectivity index is 1.60. The summed E-state index contributed by atoms with van der Waals surface area (Å²) in [6.45, 7) is 1.35. The molecule has 29 heavy (non-hydrogen) atoms. The Labute approximate surface area is 172 Å². The minimum Gasteiger partial charge on any atom is -0.507 e. The minimum absolute atomic E-state index is 0.0292. The second kappa shape index (κ2) is 9.76. The van der Waals surface area contributed by atoms with E-state index >= 15 is 0 Å². The van der Waals surface area contributed by atoms with Crippen molar-refractivity contribution in [3.63, 3.8) is 0 Å². The summed E-state index contributed by atoms with van der Waals surface area (Å²) >= 11 is 0. The molecule has 1 aliphatic rings. The van der Waals surface area contributed by atoms with Gasteiger partial charge in [0.15, 0.2) is 0 Å². The van der Waals surface area contributed by atoms with E-state index in [4.69, 9.17) is 5.73 Å². The van der Waals surface area contributed by atoms with Crippen LogP contribution in [0.1, 0.15) is 47.7 Å². The summed E-state index contributed by atoms with van der Waals surface area (Å²) < 4.78 is 0. The first-order valence-corrected chi connectivity index (χ1v) is 10.3. The van der Waals surface area contributed by atoms with E-state index in [1.165, 1.54) is 30.7 Å². The van der Waals surface area contributed by atoms with Crippen molar-refractivity contribution in [3.05, 3.63) is 59.7 Å². The molecule has 0 heterocycles. The largest absolute Gasteiger partial charge is 0.507 e. The topological polar surface area (TPSA) is 98.8 Å². The van der Waals surface area contributed by atoms with E-state index in [0.717, 1.165) is 19.4 Å². The molecule has 3 atom stereocenters. The number of aliphatic hydroxyl groups is 1. The zero-order valence-corrected chi connectivity index (χ0v) is 16.9. The molecule has 156 valence electrons. The Morgan fingerprint density at radius 2 is 1.93 bits per heavy atom. The third-order valence-corrected chi connectivity index (χ3v) is 5.86. The van der Waals surface area contributed by atoms with E-state index in [1.807, 2.05) is 6.07 Å². The fourth-order valence-electron chi connectivity index (χ4n) is 4.17. The zero-order valence-electron chi connectivity index (χ0n) is 16.9. The summed E-state index contributed by atoms with van der Waals surface area (Å²) in [5.74, 6) is -0.374. The van der Waals surface area contributed by atoms with E-state index in [0.29, 0.717) is 24.1 Å². The fraction of sp³-hybridized carbons (Fsp3) is 0.435. The molecular weight excluding hydrogens is 366 g/mol. The third-order valence-electron chi connectivity index (χ3n) is 5.86. The average Bonchev–Trinajstić information content (AvgIpc) is 2.73. The van der Waals surface area contributed by atoms with Gasteiger partial charge in [-0.05, 0) is 48.6 Å². The number of amides is 1. The highest BCUT2D eigenvalue weighted by molar-refractivity contribution is 5.95. The maximum absolute atomic E-state index is 11.4. The van der Waals surface area contributed by atoms with Crippen LogP contribution >= 0.6 is 0 Å². The van der Waals surface area contributed by atoms with E-state index in [1.54, 1.807) is 6.07 Å². The Kier molecular flexibility index (Phi) is 7.12. The Hall–Kier alpha value is -2.57. The zero-order chi connectivity index (χ0) is 20.8. The molecule has 1 unspecified atom stereocenters. The highest BCUT2D eigenvalue weighted by Gasteiger charge is 2.27. The molecule has 6 heteroatoms. The lowest BCUT2D eigenvalue weighted by Gasteiger charge is -2.36. The molecule has 0 radical (unpaired) electrons. The van der Waals surface area contributed by atoms with Gasteiger partial charge in [0.25, 0.3) is 5.91 Å². The van der Waals surface area contributed by atoms with Gasteiger partial charge in [0.2, 0.25) is 0 Å². The van der Waals surface area contributed by atoms with Crippen LogP contribution in [0, 0.1) is 5.92 Å². The molecule has 5 N–H and O–H groups in total. The van der Waals surface area contributed by atoms with Crippen LogP contribution in [0.2, 0.25) is 0 Å². The van der Waals surface area contributed by atoms with Gasteiger partial charge in [0.1, 0.15) is 5.75 Å². The highest BCUT2D eigenvalue weighted by atomic mass is 16.3. The van der Waals surface area contributed by atoms with Gasteiger partial charge >= 0.3 is 0 Å². The molecule has 0 saturated heterocycles. The molecule has 1 aliphatic carbocycles. The number of aromatic hydroxyl groups is 1. The molecule has 0 aromatic heterocycles. The van der Waals surface area contributed by atoms with Gasteiger partial charge in [-0.15, -0.1) is 0 Å². The molecule has 1 saturated carbocycles. The number of aliphatic hydroxyl groups excluding tert-OH is 1. The number of rotatable bonds is 8. The third kappa shape index (κ3) is 5.49. The number of anilines is 1. The number of para-hydroxylation sites is 1. The van der Waals surface area contributed by atoms with Crippen LogP contribution in [0.4, 0.5) is 5.69 Å². The lowest BCUT2D eigenvalue weighted by Crippen LogP contribution is -2.44. The number of hydrogen-bond acceptors (Lipinski definition) is 5. The monoisotopic (exact) mass is 397 g/mol. The number of carbonyl (C=O) groups excluding carboxylic acids is 1. The first-order valence-electron chi connectivity index (χ1n) is 10.3. The van der Waals surface area contributed by atoms with Crippen LogP contribution in [-0.4, -0.2) is 42.3 Å². The number of phenols is 1. The van der Waals surface area contributed by atoms with Gasteiger partial charge in [-0.3, -0.25) is 4.79 Å². The van der Waals surface area contributed by atoms with Crippen LogP contribution in [0.3, 0.4) is 0 Å². The fourth-order valence-corrected chi connectivity index (χ4v) is 4.17. The van der Waals surface area contributed by atoms with Crippen molar-refractivity contribution in [2.24, 2.45) is 11.7 Å². The first-order chi connectivity index (χ1) is 14.0. The van der Waals surface area contributed by atoms with Crippen LogP contribution < -0.4 is 16.0 Å². The Morgan fingerprint density at radius 3 is 2.66 bits per heavy atom. The lowest BCUT2D eigenvalue weighted by molar-refractivity contribution is 0.0997. The van der Waals surface area contributed by atoms with E-state index in [2.05, 4.69) is 41.5 Å². The van der Waals surface area contributed by atoms with Crippen molar-refractivity contribution in [1.82, 2.24) is 5.32 Å². The molecule has 6 nitrogen and oxygen atoms in total. The molecule has 0 spiro atoms. The SMILES string of the molecule is CN(C[C@@H]1CCCC[C@H]1NCC(O)c1ccc(O)c(C(N)=O)c1)c1ccccc1. The maximum Gasteiger partial charge on any atom is 0.252 e. The number of carbonyl (C=O) groups is 1. The van der Waals surface area contributed by atoms with Crippen molar-refractivity contribution in [2.45, 2.75) is 37.8 Å². The highest BCUT2D eigenvalue weighted by Crippen LogP contribution is 2.28. The van der Waals surface area contributed by atoms with Gasteiger partial charge in [-0.2, -0.15) is 0 Å². The molecule has 0 bridgehead atoms. The van der Waals surface area contributed by atoms with Gasteiger partial charge in [-0.1, -0.05) is 37.1 Å². The summed E-state index contributed by atoms with van der Waals surface area (Å²) in [7, 11) is 2.12. The molecule has 1 amide bonds. The predicted molar refractivity (Wildman–Crippen MR) is 115 cm³/mol. The van der Waals surface area contributed by atoms with Gasteiger partial charge in [-0.25, -0.2) is 0 Å². The van der Waals surface area contributed by atoms with Gasteiger partial charge in [0, 0.05) is 31.9 Å². The molecule has 3 rings (SSSR count). The van der Waals surface area contributed by atoms with Crippen LogP contribution in [0.15, 0.2) is 48.5 Å². The number of hydrogen-bond donors (Lipinski definition) is 4. The number of primary amides is 1. The van der Waals surface area contributed by atoms with Gasteiger partial charge < -0.3 is 26.2 Å². The smallest absolute Gasteiger partial charge is 0.252 e. The molecule has 2 aromatic rings. The normalized spacial score (nSPS) is 20.2. The second-order valence-corrected chi connectivity index (χ2v) is 7.93. The lowest BCUT2D eigenvalue weighted by atomic mass is 9.84. The maximum atomic E-state index is 11.4. The Bertz CT molecular complexity index is 812. The number of nitrogens with two attached hydrogens (primary N) is 1. The molecular formula is C23H31N3O3. The van der Waals surface area contributed by atoms with Crippen LogP contribution in [0.5, 0.6) is 5.75 Å². The summed E-state index contributed by atoms with van der Waals surface area (Å²) in [5.41, 5.74) is 7.09. The average molecular weight is 398 g/mol. The van der Waals surface area contributed by atoms with Crippen LogP contribution in [-0.2, 0) is 0 Å². The van der Waals surface area contributed by atoms with Crippen molar-refractivity contribution >= 4 is 11.6 Å². The first kappa shape index (κ1) is 21.1. The van der Waals surface area contributed by atoms with E-state index in [9.17, 15) is 15.0 Å². The number of nitrogens with zero attached hydrogens (tertiary/aromatic N) is 1. The Morgan fingerprint density at radius 1 is 1.21 bits per heavy atom. The second-order valence-electron chi connectivity index (χ2n) is 7.93. The van der Waals surface area contributed by atoms with Gasteiger partial charge in [0.05, 0.1) is 11.7 Å². The predicted octanol–water partition coefficient (Wildman–Crippen LogP) is 2.81. The van der Waals surface area contributed by atoms with Crippen molar-refractivity contribution in [3.8, 4) is 5.75 Å². The molecule has 0 aliphatic heterocycles. The van der Waals surface area contributed by atoms with Crippen molar-refractivity contribution < 1.29 is 15.0 Å². The summed E-state index contributed by atoms with van der Waals surface area (Å²) in [6.07, 6.45) is 3.89. The number of benzene rings is 2. The summed E-state index contributed by atoms with van der Waals surface area (Å²) in [4.78, 5) is 13.7. The molecule has 1 fully saturated rings. The number of nitrogens with one attached hydrogen (secondary N) is 1. The minimum atomic E-state index is -0.775. The summed E-state index contributed by atoms with van der Waals surface area (Å²) in [5, 5.41) is 23.9. The van der Waals surface area contributed by atoms with E-state index < -0.39 is 12.0 Å². The van der Waals surface area contributed by atoms with Crippen molar-refractivity contribution in [1.29, 1.82) is 0 Å². The van der Waals surface area contributed by atoms with Crippen molar-refractivity contribution in [2.75, 3.05) is 25.0 Å². The summed E-state index contributed by atoms with van der Waals surface area (Å²) in [6, 6.07) is 15.2. The molecule has 2 aromatic carbocycles. The van der Waals surface area contributed by atoms with E-state index in [-0.39, 0.29) is 11.3 Å². The quantitative estimate of drug-likeness (QED) is 0.549. The standard InChI is InChI=1S/C23H31N3O3/c1-26(18-8-3-2-4-9-18)15-17-7-5-6-10-20(17)25-14-22(28)16-11-12-21(27)19(13-16)23(24)29/h2-4,8-9,11-13,17,20,22,25,27-28H,5-7,10,14-15H2,1H3,(H2,24,29)/t17-,20+,22?/m0/s1. The van der Waals surface area contributed by atoms with Crippen LogP contribution in [0.25, 0.3) is 0 Å².